The van der Waals surface area contributed by atoms with Gasteiger partial charge in [-0.1, -0.05) is 44.5 Å². The van der Waals surface area contributed by atoms with Crippen LogP contribution in [-0.2, 0) is 0 Å². The summed E-state index contributed by atoms with van der Waals surface area (Å²) in [4.78, 5) is 12.8. The maximum absolute atomic E-state index is 12.8. The first-order valence-electron chi connectivity index (χ1n) is 8.07. The molecule has 4 unspecified atom stereocenters. The van der Waals surface area contributed by atoms with Crippen molar-refractivity contribution in [3.05, 3.63) is 35.4 Å². The standard InChI is InChI=1S/C18H25NO/c1-3-13-8-9-19-17(11-13)16-10-12(2)14-6-4-5-7-15(14)18(16)20/h4-7,12-13,16-17,19H,3,8-11H2,1-2H3. The van der Waals surface area contributed by atoms with Crippen molar-refractivity contribution >= 4 is 5.78 Å². The monoisotopic (exact) mass is 271 g/mol. The van der Waals surface area contributed by atoms with E-state index < -0.39 is 0 Å². The van der Waals surface area contributed by atoms with E-state index in [1.807, 2.05) is 12.1 Å². The van der Waals surface area contributed by atoms with Gasteiger partial charge in [0.15, 0.2) is 5.78 Å². The van der Waals surface area contributed by atoms with Crippen LogP contribution in [0.15, 0.2) is 24.3 Å². The molecular weight excluding hydrogens is 246 g/mol. The summed E-state index contributed by atoms with van der Waals surface area (Å²) >= 11 is 0. The Morgan fingerprint density at radius 3 is 2.85 bits per heavy atom. The average molecular weight is 271 g/mol. The Kier molecular flexibility index (Phi) is 3.93. The van der Waals surface area contributed by atoms with E-state index in [2.05, 4.69) is 31.3 Å². The van der Waals surface area contributed by atoms with Crippen LogP contribution in [-0.4, -0.2) is 18.4 Å². The van der Waals surface area contributed by atoms with E-state index in [4.69, 9.17) is 0 Å². The minimum atomic E-state index is 0.175. The van der Waals surface area contributed by atoms with Crippen molar-refractivity contribution in [2.24, 2.45) is 11.8 Å². The predicted octanol–water partition coefficient (Wildman–Crippen LogP) is 3.77. The van der Waals surface area contributed by atoms with Gasteiger partial charge in [-0.15, -0.1) is 0 Å². The minimum absolute atomic E-state index is 0.175. The molecule has 0 aromatic heterocycles. The van der Waals surface area contributed by atoms with Gasteiger partial charge in [-0.25, -0.2) is 0 Å². The van der Waals surface area contributed by atoms with E-state index in [-0.39, 0.29) is 5.92 Å². The van der Waals surface area contributed by atoms with E-state index >= 15 is 0 Å². The summed E-state index contributed by atoms with van der Waals surface area (Å²) in [7, 11) is 0. The van der Waals surface area contributed by atoms with Crippen LogP contribution in [0.2, 0.25) is 0 Å². The lowest BCUT2D eigenvalue weighted by molar-refractivity contribution is 0.0827. The summed E-state index contributed by atoms with van der Waals surface area (Å²) in [5.74, 6) is 1.83. The lowest BCUT2D eigenvalue weighted by Gasteiger charge is -2.38. The van der Waals surface area contributed by atoms with Gasteiger partial charge < -0.3 is 5.32 Å². The molecule has 1 aliphatic carbocycles. The molecular formula is C18H25NO. The van der Waals surface area contributed by atoms with Crippen LogP contribution in [0, 0.1) is 11.8 Å². The molecule has 0 saturated carbocycles. The molecule has 0 radical (unpaired) electrons. The van der Waals surface area contributed by atoms with Crippen LogP contribution < -0.4 is 5.32 Å². The molecule has 0 amide bonds. The van der Waals surface area contributed by atoms with Crippen molar-refractivity contribution in [3.8, 4) is 0 Å². The first-order chi connectivity index (χ1) is 9.70. The zero-order valence-electron chi connectivity index (χ0n) is 12.6. The number of piperidine rings is 1. The van der Waals surface area contributed by atoms with E-state index in [9.17, 15) is 4.79 Å². The molecule has 1 N–H and O–H groups in total. The van der Waals surface area contributed by atoms with E-state index in [1.165, 1.54) is 24.8 Å². The highest BCUT2D eigenvalue weighted by molar-refractivity contribution is 6.01. The third-order valence-electron chi connectivity index (χ3n) is 5.31. The third kappa shape index (κ3) is 2.42. The molecule has 2 aliphatic rings. The Morgan fingerprint density at radius 1 is 1.25 bits per heavy atom. The summed E-state index contributed by atoms with van der Waals surface area (Å²) in [6, 6.07) is 8.57. The molecule has 1 aromatic carbocycles. The molecule has 1 aromatic rings. The van der Waals surface area contributed by atoms with Gasteiger partial charge in [-0.05, 0) is 43.2 Å². The maximum Gasteiger partial charge on any atom is 0.167 e. The molecule has 20 heavy (non-hydrogen) atoms. The predicted molar refractivity (Wildman–Crippen MR) is 82.1 cm³/mol. The third-order valence-corrected chi connectivity index (χ3v) is 5.31. The van der Waals surface area contributed by atoms with Crippen LogP contribution in [0.1, 0.15) is 61.4 Å². The number of hydrogen-bond acceptors (Lipinski definition) is 2. The first kappa shape index (κ1) is 13.8. The largest absolute Gasteiger partial charge is 0.313 e. The van der Waals surface area contributed by atoms with Gasteiger partial charge in [0, 0.05) is 17.5 Å². The number of nitrogens with one attached hydrogen (secondary N) is 1. The SMILES string of the molecule is CCC1CCNC(C2CC(C)c3ccccc3C2=O)C1. The Morgan fingerprint density at radius 2 is 2.05 bits per heavy atom. The van der Waals surface area contributed by atoms with Gasteiger partial charge >= 0.3 is 0 Å². The van der Waals surface area contributed by atoms with Gasteiger partial charge in [-0.3, -0.25) is 4.79 Å². The topological polar surface area (TPSA) is 29.1 Å². The van der Waals surface area contributed by atoms with Gasteiger partial charge in [-0.2, -0.15) is 0 Å². The van der Waals surface area contributed by atoms with Crippen LogP contribution in [0.5, 0.6) is 0 Å². The van der Waals surface area contributed by atoms with Crippen molar-refractivity contribution in [2.75, 3.05) is 6.54 Å². The van der Waals surface area contributed by atoms with E-state index in [0.29, 0.717) is 17.7 Å². The molecule has 108 valence electrons. The number of fused-ring (bicyclic) bond motifs is 1. The molecule has 0 spiro atoms. The molecule has 0 bridgehead atoms. The van der Waals surface area contributed by atoms with Crippen molar-refractivity contribution < 1.29 is 4.79 Å². The summed E-state index contributed by atoms with van der Waals surface area (Å²) in [5.41, 5.74) is 2.22. The Hall–Kier alpha value is -1.15. The summed E-state index contributed by atoms with van der Waals surface area (Å²) in [6.07, 6.45) is 4.68. The van der Waals surface area contributed by atoms with Crippen LogP contribution in [0.3, 0.4) is 0 Å². The van der Waals surface area contributed by atoms with Crippen molar-refractivity contribution in [3.63, 3.8) is 0 Å². The Balaban J connectivity index is 1.84. The fourth-order valence-corrected chi connectivity index (χ4v) is 4.02. The lowest BCUT2D eigenvalue weighted by atomic mass is 9.71. The first-order valence-corrected chi connectivity index (χ1v) is 8.07. The highest BCUT2D eigenvalue weighted by Crippen LogP contribution is 2.38. The normalized spacial score (nSPS) is 33.8. The molecule has 4 atom stereocenters. The lowest BCUT2D eigenvalue weighted by Crippen LogP contribution is -2.47. The second kappa shape index (κ2) is 5.69. The summed E-state index contributed by atoms with van der Waals surface area (Å²) < 4.78 is 0. The number of carbonyl (C=O) groups excluding carboxylic acids is 1. The zero-order valence-corrected chi connectivity index (χ0v) is 12.6. The fourth-order valence-electron chi connectivity index (χ4n) is 4.02. The number of Topliss-reactive ketones (excluding diaryl/α,β-unsaturated/α-hetero) is 1. The van der Waals surface area contributed by atoms with Crippen LogP contribution in [0.4, 0.5) is 0 Å². The number of benzene rings is 1. The Labute approximate surface area is 122 Å². The second-order valence-corrected chi connectivity index (χ2v) is 6.55. The summed E-state index contributed by atoms with van der Waals surface area (Å²) in [5, 5.41) is 3.61. The minimum Gasteiger partial charge on any atom is -0.313 e. The van der Waals surface area contributed by atoms with Gasteiger partial charge in [0.1, 0.15) is 0 Å². The highest BCUT2D eigenvalue weighted by Gasteiger charge is 2.38. The highest BCUT2D eigenvalue weighted by atomic mass is 16.1. The van der Waals surface area contributed by atoms with E-state index in [1.54, 1.807) is 0 Å². The maximum atomic E-state index is 12.8. The smallest absolute Gasteiger partial charge is 0.167 e. The molecule has 1 aliphatic heterocycles. The van der Waals surface area contributed by atoms with Crippen molar-refractivity contribution in [2.45, 2.75) is 51.5 Å². The molecule has 2 heteroatoms. The van der Waals surface area contributed by atoms with Crippen molar-refractivity contribution in [1.82, 2.24) is 5.32 Å². The van der Waals surface area contributed by atoms with Crippen LogP contribution >= 0.6 is 0 Å². The molecule has 1 heterocycles. The van der Waals surface area contributed by atoms with Crippen LogP contribution in [0.25, 0.3) is 0 Å². The number of hydrogen-bond donors (Lipinski definition) is 1. The fraction of sp³-hybridized carbons (Fsp3) is 0.611. The van der Waals surface area contributed by atoms with Gasteiger partial charge in [0.05, 0.1) is 0 Å². The molecule has 1 fully saturated rings. The molecule has 1 saturated heterocycles. The number of ketones is 1. The molecule has 3 rings (SSSR count). The number of carbonyl (C=O) groups is 1. The second-order valence-electron chi connectivity index (χ2n) is 6.55. The Bertz CT molecular complexity index is 496. The zero-order chi connectivity index (χ0) is 14.1. The van der Waals surface area contributed by atoms with Gasteiger partial charge in [0.2, 0.25) is 0 Å². The molecule has 2 nitrogen and oxygen atoms in total. The number of rotatable bonds is 2. The van der Waals surface area contributed by atoms with Crippen molar-refractivity contribution in [1.29, 1.82) is 0 Å². The average Bonchev–Trinajstić information content (AvgIpc) is 2.51. The quantitative estimate of drug-likeness (QED) is 0.887. The van der Waals surface area contributed by atoms with Gasteiger partial charge in [0.25, 0.3) is 0 Å². The summed E-state index contributed by atoms with van der Waals surface area (Å²) in [6.45, 7) is 5.61. The van der Waals surface area contributed by atoms with E-state index in [0.717, 1.165) is 24.4 Å².